The van der Waals surface area contributed by atoms with E-state index in [0.717, 1.165) is 25.9 Å². The van der Waals surface area contributed by atoms with Crippen molar-refractivity contribution in [1.82, 2.24) is 30.8 Å². The molecule has 4 heterocycles. The van der Waals surface area contributed by atoms with Gasteiger partial charge in [-0.05, 0) is 39.5 Å². The molecule has 0 atom stereocenters. The van der Waals surface area contributed by atoms with E-state index in [4.69, 9.17) is 4.63 Å². The van der Waals surface area contributed by atoms with Crippen molar-refractivity contribution in [3.8, 4) is 5.82 Å². The molecule has 10 heteroatoms. The summed E-state index contributed by atoms with van der Waals surface area (Å²) in [6, 6.07) is 0. The van der Waals surface area contributed by atoms with Crippen molar-refractivity contribution in [1.29, 1.82) is 0 Å². The third kappa shape index (κ3) is 1.63. The van der Waals surface area contributed by atoms with E-state index < -0.39 is 0 Å². The average molecular weight is 263 g/mol. The highest BCUT2D eigenvalue weighted by molar-refractivity contribution is 5.60. The molecular weight excluding hydrogens is 252 g/mol. The van der Waals surface area contributed by atoms with Gasteiger partial charge < -0.3 is 4.90 Å². The van der Waals surface area contributed by atoms with Crippen molar-refractivity contribution in [2.45, 2.75) is 19.3 Å². The zero-order valence-electron chi connectivity index (χ0n) is 9.98. The number of H-pyrrole nitrogens is 1. The number of aromatic nitrogens is 7. The van der Waals surface area contributed by atoms with Crippen LogP contribution in [0.1, 0.15) is 19.3 Å². The van der Waals surface area contributed by atoms with Crippen LogP contribution in [0.15, 0.2) is 9.26 Å². The molecule has 0 bridgehead atoms. The van der Waals surface area contributed by atoms with Crippen LogP contribution in [-0.4, -0.2) is 43.9 Å². The van der Waals surface area contributed by atoms with Crippen LogP contribution in [0.5, 0.6) is 0 Å². The lowest BCUT2D eigenvalue weighted by Crippen LogP contribution is -2.40. The first-order chi connectivity index (χ1) is 9.42. The topological polar surface area (TPSA) is 114 Å². The summed E-state index contributed by atoms with van der Waals surface area (Å²) in [6.07, 6.45) is 3.53. The summed E-state index contributed by atoms with van der Waals surface area (Å²) in [5, 5.41) is 22.3. The average Bonchev–Trinajstić information content (AvgIpc) is 3.14. The first-order valence-electron chi connectivity index (χ1n) is 6.10. The highest BCUT2D eigenvalue weighted by Crippen LogP contribution is 2.20. The van der Waals surface area contributed by atoms with Crippen molar-refractivity contribution in [2.24, 2.45) is 0 Å². The van der Waals surface area contributed by atoms with E-state index >= 15 is 0 Å². The fourth-order valence-corrected chi connectivity index (χ4v) is 2.26. The molecule has 1 N–H and O–H groups in total. The van der Waals surface area contributed by atoms with Crippen molar-refractivity contribution < 1.29 is 14.1 Å². The van der Waals surface area contributed by atoms with Gasteiger partial charge in [-0.3, -0.25) is 0 Å². The first-order valence-corrected chi connectivity index (χ1v) is 6.10. The van der Waals surface area contributed by atoms with Gasteiger partial charge in [0, 0.05) is 18.2 Å². The molecule has 0 radical (unpaired) electrons. The minimum Gasteiger partial charge on any atom is -0.346 e. The summed E-state index contributed by atoms with van der Waals surface area (Å²) in [4.78, 5) is 3.58. The Labute approximate surface area is 106 Å². The molecule has 0 spiro atoms. The molecule has 4 rings (SSSR count). The molecule has 1 aliphatic heterocycles. The minimum absolute atomic E-state index is 0.382. The van der Waals surface area contributed by atoms with Gasteiger partial charge >= 0.3 is 5.82 Å². The second-order valence-electron chi connectivity index (χ2n) is 4.42. The molecule has 10 nitrogen and oxygen atoms in total. The van der Waals surface area contributed by atoms with E-state index in [1.54, 1.807) is 0 Å². The van der Waals surface area contributed by atoms with Crippen LogP contribution in [-0.2, 0) is 0 Å². The van der Waals surface area contributed by atoms with Gasteiger partial charge in [-0.15, -0.1) is 4.63 Å². The van der Waals surface area contributed by atoms with E-state index in [0.29, 0.717) is 22.9 Å². The third-order valence-corrected chi connectivity index (χ3v) is 3.19. The first kappa shape index (κ1) is 10.4. The Hall–Kier alpha value is -2.52. The van der Waals surface area contributed by atoms with Crippen molar-refractivity contribution in [3.63, 3.8) is 0 Å². The lowest BCUT2D eigenvalue weighted by molar-refractivity contribution is -0.714. The molecular formula is C9H11N8O2+. The standard InChI is InChI=1S/C9H11N8O2/c1-2-4-16(5-3-1)8-9(15-19-14-8)17-10-6-7(11-17)13-18-12-6/h1-5H2,(H,10,11,12,13)/q+1. The van der Waals surface area contributed by atoms with Crippen molar-refractivity contribution in [3.05, 3.63) is 0 Å². The molecule has 0 amide bonds. The molecule has 1 aliphatic rings. The maximum Gasteiger partial charge on any atom is 0.463 e. The third-order valence-electron chi connectivity index (χ3n) is 3.19. The monoisotopic (exact) mass is 263 g/mol. The second kappa shape index (κ2) is 4.00. The zero-order chi connectivity index (χ0) is 12.7. The number of piperidine rings is 1. The Morgan fingerprint density at radius 2 is 1.84 bits per heavy atom. The number of hydrogen-bond donors (Lipinski definition) is 1. The molecule has 1 saturated heterocycles. The van der Waals surface area contributed by atoms with Gasteiger partial charge in [-0.2, -0.15) is 5.10 Å². The Balaban J connectivity index is 1.74. The fraction of sp³-hybridized carbons (Fsp3) is 0.556. The van der Waals surface area contributed by atoms with Crippen molar-refractivity contribution >= 4 is 17.1 Å². The fourth-order valence-electron chi connectivity index (χ4n) is 2.26. The van der Waals surface area contributed by atoms with E-state index in [1.165, 1.54) is 11.2 Å². The molecule has 1 fully saturated rings. The SMILES string of the molecule is C1CCN(c2nonc2-[n+]2nc3nonc3[nH]2)CC1. The largest absolute Gasteiger partial charge is 0.463 e. The Morgan fingerprint density at radius 3 is 2.68 bits per heavy atom. The number of hydrogen-bond acceptors (Lipinski definition) is 8. The quantitative estimate of drug-likeness (QED) is 0.621. The van der Waals surface area contributed by atoms with Gasteiger partial charge in [-0.1, -0.05) is 0 Å². The summed E-state index contributed by atoms with van der Waals surface area (Å²) >= 11 is 0. The number of aromatic amines is 1. The molecule has 0 unspecified atom stereocenters. The summed E-state index contributed by atoms with van der Waals surface area (Å²) in [5.41, 5.74) is 0.834. The van der Waals surface area contributed by atoms with Crippen LogP contribution in [0, 0.1) is 0 Å². The molecule has 3 aromatic heterocycles. The van der Waals surface area contributed by atoms with E-state index in [9.17, 15) is 0 Å². The Kier molecular flexibility index (Phi) is 2.19. The molecule has 98 valence electrons. The van der Waals surface area contributed by atoms with Crippen LogP contribution in [0.2, 0.25) is 0 Å². The number of fused-ring (bicyclic) bond motifs is 1. The Morgan fingerprint density at radius 1 is 1.00 bits per heavy atom. The van der Waals surface area contributed by atoms with E-state index in [2.05, 4.69) is 40.4 Å². The van der Waals surface area contributed by atoms with Gasteiger partial charge in [0.1, 0.15) is 0 Å². The maximum absolute atomic E-state index is 4.84. The molecule has 3 aromatic rings. The van der Waals surface area contributed by atoms with Crippen LogP contribution >= 0.6 is 0 Å². The van der Waals surface area contributed by atoms with Crippen LogP contribution in [0.3, 0.4) is 0 Å². The molecule has 19 heavy (non-hydrogen) atoms. The summed E-state index contributed by atoms with van der Waals surface area (Å²) in [6.45, 7) is 1.89. The van der Waals surface area contributed by atoms with Crippen LogP contribution < -0.4 is 9.70 Å². The predicted molar refractivity (Wildman–Crippen MR) is 59.4 cm³/mol. The molecule has 0 aromatic carbocycles. The van der Waals surface area contributed by atoms with E-state index in [-0.39, 0.29) is 0 Å². The number of nitrogens with zero attached hydrogens (tertiary/aromatic N) is 7. The zero-order valence-corrected chi connectivity index (χ0v) is 9.98. The maximum atomic E-state index is 4.84. The molecule has 0 saturated carbocycles. The smallest absolute Gasteiger partial charge is 0.346 e. The number of anilines is 1. The summed E-state index contributed by atoms with van der Waals surface area (Å²) < 4.78 is 9.39. The second-order valence-corrected chi connectivity index (χ2v) is 4.42. The van der Waals surface area contributed by atoms with Crippen LogP contribution in [0.4, 0.5) is 5.82 Å². The normalized spacial score (nSPS) is 16.3. The number of nitrogens with one attached hydrogen (secondary N) is 1. The van der Waals surface area contributed by atoms with E-state index in [1.807, 2.05) is 0 Å². The molecule has 0 aliphatic carbocycles. The van der Waals surface area contributed by atoms with Gasteiger partial charge in [0.2, 0.25) is 0 Å². The predicted octanol–water partition coefficient (Wildman–Crippen LogP) is -0.404. The van der Waals surface area contributed by atoms with Crippen molar-refractivity contribution in [2.75, 3.05) is 18.0 Å². The lowest BCUT2D eigenvalue weighted by Gasteiger charge is -2.24. The van der Waals surface area contributed by atoms with Gasteiger partial charge in [0.05, 0.1) is 0 Å². The number of rotatable bonds is 2. The summed E-state index contributed by atoms with van der Waals surface area (Å²) in [7, 11) is 0. The Bertz CT molecular complexity index is 665. The highest BCUT2D eigenvalue weighted by Gasteiger charge is 2.31. The highest BCUT2D eigenvalue weighted by atomic mass is 16.6. The summed E-state index contributed by atoms with van der Waals surface area (Å²) in [5.74, 6) is 1.18. The van der Waals surface area contributed by atoms with Crippen LogP contribution in [0.25, 0.3) is 17.1 Å². The van der Waals surface area contributed by atoms with Gasteiger partial charge in [0.25, 0.3) is 17.1 Å². The van der Waals surface area contributed by atoms with Gasteiger partial charge in [-0.25, -0.2) is 4.63 Å². The minimum atomic E-state index is 0.382. The lowest BCUT2D eigenvalue weighted by atomic mass is 10.1. The van der Waals surface area contributed by atoms with Gasteiger partial charge in [0.15, 0.2) is 5.16 Å².